The van der Waals surface area contributed by atoms with Crippen molar-refractivity contribution in [1.82, 2.24) is 19.9 Å². The van der Waals surface area contributed by atoms with E-state index in [9.17, 15) is 14.9 Å². The molecule has 0 atom stereocenters. The molecule has 2 aromatic heterocycles. The molecule has 132 valence electrons. The van der Waals surface area contributed by atoms with E-state index in [-0.39, 0.29) is 18.0 Å². The number of carbonyl (C=O) groups excluding carboxylic acids is 1. The number of aromatic nitrogens is 3. The number of H-pyrrole nitrogens is 1. The van der Waals surface area contributed by atoms with Gasteiger partial charge in [0.2, 0.25) is 0 Å². The fourth-order valence-electron chi connectivity index (χ4n) is 3.17. The molecule has 0 saturated carbocycles. The van der Waals surface area contributed by atoms with Gasteiger partial charge in [0.25, 0.3) is 11.5 Å². The molecule has 27 heavy (non-hydrogen) atoms. The summed E-state index contributed by atoms with van der Waals surface area (Å²) in [4.78, 5) is 38.5. The van der Waals surface area contributed by atoms with Crippen molar-refractivity contribution < 1.29 is 4.79 Å². The van der Waals surface area contributed by atoms with Gasteiger partial charge in [-0.25, -0.2) is 4.98 Å². The first-order chi connectivity index (χ1) is 13.2. The monoisotopic (exact) mass is 357 g/mol. The Morgan fingerprint density at radius 1 is 1.19 bits per heavy atom. The number of nitriles is 1. The minimum absolute atomic E-state index is 0.204. The van der Waals surface area contributed by atoms with Gasteiger partial charge in [0.05, 0.1) is 29.4 Å². The number of carbonyl (C=O) groups is 1. The molecule has 7 heteroatoms. The van der Waals surface area contributed by atoms with E-state index >= 15 is 0 Å². The van der Waals surface area contributed by atoms with Crippen molar-refractivity contribution in [2.24, 2.45) is 0 Å². The summed E-state index contributed by atoms with van der Waals surface area (Å²) in [6.07, 6.45) is 2.05. The van der Waals surface area contributed by atoms with Gasteiger partial charge in [0.15, 0.2) is 5.82 Å². The Balaban J connectivity index is 1.68. The molecule has 0 radical (unpaired) electrons. The van der Waals surface area contributed by atoms with E-state index in [1.807, 2.05) is 12.1 Å². The van der Waals surface area contributed by atoms with Crippen molar-refractivity contribution in [3.63, 3.8) is 0 Å². The van der Waals surface area contributed by atoms with E-state index in [1.54, 1.807) is 47.5 Å². The van der Waals surface area contributed by atoms with Gasteiger partial charge < -0.3 is 9.88 Å². The number of hydrogen-bond acceptors (Lipinski definition) is 5. The Morgan fingerprint density at radius 3 is 2.78 bits per heavy atom. The number of rotatable bonds is 2. The van der Waals surface area contributed by atoms with Gasteiger partial charge in [0.1, 0.15) is 5.69 Å². The molecule has 0 saturated heterocycles. The summed E-state index contributed by atoms with van der Waals surface area (Å²) in [6, 6.07) is 14.1. The second-order valence-electron chi connectivity index (χ2n) is 6.19. The molecule has 0 aliphatic carbocycles. The highest BCUT2D eigenvalue weighted by Crippen LogP contribution is 2.20. The number of pyridine rings is 1. The van der Waals surface area contributed by atoms with Crippen molar-refractivity contribution in [3.05, 3.63) is 81.4 Å². The number of nitrogens with one attached hydrogen (secondary N) is 1. The van der Waals surface area contributed by atoms with Crippen LogP contribution in [0.25, 0.3) is 11.5 Å². The third kappa shape index (κ3) is 3.09. The van der Waals surface area contributed by atoms with Crippen LogP contribution in [0.1, 0.15) is 27.2 Å². The number of fused-ring (bicyclic) bond motifs is 1. The molecule has 0 fully saturated rings. The van der Waals surface area contributed by atoms with E-state index in [1.165, 1.54) is 0 Å². The van der Waals surface area contributed by atoms with Crippen LogP contribution in [0.3, 0.4) is 0 Å². The SMILES string of the molecule is N#Cc1ccccc1C(=O)N1CCc2c(nc(-c3ccccn3)[nH]c2=O)C1. The maximum atomic E-state index is 12.9. The van der Waals surface area contributed by atoms with E-state index in [4.69, 9.17) is 0 Å². The molecule has 0 unspecified atom stereocenters. The normalized spacial score (nSPS) is 12.9. The molecular formula is C20H15N5O2. The third-order valence-corrected chi connectivity index (χ3v) is 4.55. The van der Waals surface area contributed by atoms with Gasteiger partial charge in [-0.2, -0.15) is 5.26 Å². The van der Waals surface area contributed by atoms with E-state index in [2.05, 4.69) is 15.0 Å². The lowest BCUT2D eigenvalue weighted by molar-refractivity contribution is 0.0731. The Hall–Kier alpha value is -3.79. The molecule has 1 aliphatic rings. The van der Waals surface area contributed by atoms with Crippen LogP contribution >= 0.6 is 0 Å². The Labute approximate surface area is 154 Å². The molecule has 3 heterocycles. The molecule has 0 spiro atoms. The zero-order valence-electron chi connectivity index (χ0n) is 14.3. The molecule has 1 amide bonds. The van der Waals surface area contributed by atoms with Crippen molar-refractivity contribution >= 4 is 5.91 Å². The summed E-state index contributed by atoms with van der Waals surface area (Å²) in [5.74, 6) is 0.144. The molecule has 0 bridgehead atoms. The van der Waals surface area contributed by atoms with Gasteiger partial charge in [-0.3, -0.25) is 14.6 Å². The topological polar surface area (TPSA) is 103 Å². The van der Waals surface area contributed by atoms with Crippen LogP contribution in [0.2, 0.25) is 0 Å². The van der Waals surface area contributed by atoms with Crippen molar-refractivity contribution in [2.45, 2.75) is 13.0 Å². The summed E-state index contributed by atoms with van der Waals surface area (Å²) in [6.45, 7) is 0.622. The summed E-state index contributed by atoms with van der Waals surface area (Å²) in [7, 11) is 0. The van der Waals surface area contributed by atoms with Crippen molar-refractivity contribution in [1.29, 1.82) is 5.26 Å². The lowest BCUT2D eigenvalue weighted by atomic mass is 10.0. The fraction of sp³-hybridized carbons (Fsp3) is 0.150. The van der Waals surface area contributed by atoms with Gasteiger partial charge in [0, 0.05) is 18.3 Å². The lowest BCUT2D eigenvalue weighted by Gasteiger charge is -2.28. The molecule has 1 aliphatic heterocycles. The average Bonchev–Trinajstić information content (AvgIpc) is 2.73. The van der Waals surface area contributed by atoms with Crippen molar-refractivity contribution in [3.8, 4) is 17.6 Å². The molecule has 3 aromatic rings. The summed E-state index contributed by atoms with van der Waals surface area (Å²) >= 11 is 0. The van der Waals surface area contributed by atoms with Crippen LogP contribution in [0.5, 0.6) is 0 Å². The third-order valence-electron chi connectivity index (χ3n) is 4.55. The van der Waals surface area contributed by atoms with Crippen LogP contribution < -0.4 is 5.56 Å². The van der Waals surface area contributed by atoms with E-state index in [0.29, 0.717) is 46.9 Å². The Bertz CT molecular complexity index is 1120. The number of hydrogen-bond donors (Lipinski definition) is 1. The number of aromatic amines is 1. The van der Waals surface area contributed by atoms with Gasteiger partial charge in [-0.15, -0.1) is 0 Å². The summed E-state index contributed by atoms with van der Waals surface area (Å²) in [5.41, 5.74) is 2.21. The largest absolute Gasteiger partial charge is 0.332 e. The fourth-order valence-corrected chi connectivity index (χ4v) is 3.17. The second-order valence-corrected chi connectivity index (χ2v) is 6.19. The maximum absolute atomic E-state index is 12.9. The van der Waals surface area contributed by atoms with Crippen LogP contribution in [-0.2, 0) is 13.0 Å². The first kappa shape index (κ1) is 16.7. The predicted octanol–water partition coefficient (Wildman–Crippen LogP) is 1.90. The number of amides is 1. The van der Waals surface area contributed by atoms with Crippen LogP contribution in [-0.4, -0.2) is 32.3 Å². The van der Waals surface area contributed by atoms with Crippen LogP contribution in [0, 0.1) is 11.3 Å². The smallest absolute Gasteiger partial charge is 0.255 e. The highest BCUT2D eigenvalue weighted by molar-refractivity contribution is 5.96. The molecule has 7 nitrogen and oxygen atoms in total. The minimum Gasteiger partial charge on any atom is -0.332 e. The summed E-state index contributed by atoms with van der Waals surface area (Å²) in [5, 5.41) is 9.24. The first-order valence-electron chi connectivity index (χ1n) is 8.49. The van der Waals surface area contributed by atoms with Crippen molar-refractivity contribution in [2.75, 3.05) is 6.54 Å². The standard InChI is InChI=1S/C20H15N5O2/c21-11-13-5-1-2-6-14(13)20(27)25-10-8-15-17(12-25)23-18(24-19(15)26)16-7-3-4-9-22-16/h1-7,9H,8,10,12H2,(H,23,24,26). The Kier molecular flexibility index (Phi) is 4.22. The van der Waals surface area contributed by atoms with Gasteiger partial charge in [-0.05, 0) is 30.7 Å². The number of benzene rings is 1. The van der Waals surface area contributed by atoms with Crippen LogP contribution in [0.15, 0.2) is 53.5 Å². The summed E-state index contributed by atoms with van der Waals surface area (Å²) < 4.78 is 0. The van der Waals surface area contributed by atoms with E-state index < -0.39 is 0 Å². The molecule has 1 aromatic carbocycles. The number of nitrogens with zero attached hydrogens (tertiary/aromatic N) is 4. The first-order valence-corrected chi connectivity index (χ1v) is 8.49. The van der Waals surface area contributed by atoms with Crippen LogP contribution in [0.4, 0.5) is 0 Å². The quantitative estimate of drug-likeness (QED) is 0.754. The van der Waals surface area contributed by atoms with Gasteiger partial charge in [-0.1, -0.05) is 18.2 Å². The predicted molar refractivity (Wildman–Crippen MR) is 97.7 cm³/mol. The maximum Gasteiger partial charge on any atom is 0.255 e. The molecule has 4 rings (SSSR count). The lowest BCUT2D eigenvalue weighted by Crippen LogP contribution is -2.39. The molecular weight excluding hydrogens is 342 g/mol. The zero-order valence-corrected chi connectivity index (χ0v) is 14.3. The van der Waals surface area contributed by atoms with Gasteiger partial charge >= 0.3 is 0 Å². The zero-order chi connectivity index (χ0) is 18.8. The average molecular weight is 357 g/mol. The Morgan fingerprint density at radius 2 is 2.00 bits per heavy atom. The highest BCUT2D eigenvalue weighted by Gasteiger charge is 2.26. The molecule has 1 N–H and O–H groups in total. The minimum atomic E-state index is -0.237. The van der Waals surface area contributed by atoms with E-state index in [0.717, 1.165) is 0 Å². The second kappa shape index (κ2) is 6.84. The highest BCUT2D eigenvalue weighted by atomic mass is 16.2.